The lowest BCUT2D eigenvalue weighted by Gasteiger charge is -2.09. The van der Waals surface area contributed by atoms with Crippen molar-refractivity contribution in [3.63, 3.8) is 0 Å². The van der Waals surface area contributed by atoms with Crippen molar-refractivity contribution in [2.75, 3.05) is 17.2 Å². The fourth-order valence-electron chi connectivity index (χ4n) is 2.06. The van der Waals surface area contributed by atoms with E-state index in [2.05, 4.69) is 22.5 Å². The van der Waals surface area contributed by atoms with Crippen LogP contribution < -0.4 is 10.6 Å². The van der Waals surface area contributed by atoms with Crippen LogP contribution in [0.2, 0.25) is 0 Å². The summed E-state index contributed by atoms with van der Waals surface area (Å²) in [6.07, 6.45) is 4.72. The van der Waals surface area contributed by atoms with Crippen LogP contribution in [0.4, 0.5) is 20.3 Å². The number of para-hydroxylation sites is 1. The molecule has 0 aliphatic carbocycles. The largest absolute Gasteiger partial charge is 0.370 e. The maximum Gasteiger partial charge on any atom is 0.256 e. The Bertz CT molecular complexity index is 656. The fraction of sp³-hybridized carbons (Fsp3) is 0.294. The number of hydrogen-bond donors (Lipinski definition) is 2. The first-order chi connectivity index (χ1) is 11.1. The number of halogens is 2. The van der Waals surface area contributed by atoms with Gasteiger partial charge in [-0.25, -0.2) is 13.8 Å². The third-order valence-electron chi connectivity index (χ3n) is 3.31. The van der Waals surface area contributed by atoms with E-state index in [9.17, 15) is 13.6 Å². The molecule has 0 spiro atoms. The number of amides is 1. The summed E-state index contributed by atoms with van der Waals surface area (Å²) in [4.78, 5) is 16.3. The van der Waals surface area contributed by atoms with E-state index in [1.807, 2.05) is 0 Å². The molecule has 2 aromatic rings. The second kappa shape index (κ2) is 8.22. The van der Waals surface area contributed by atoms with Gasteiger partial charge in [-0.2, -0.15) is 0 Å². The number of aromatic nitrogens is 1. The summed E-state index contributed by atoms with van der Waals surface area (Å²) in [6.45, 7) is 2.87. The normalized spacial score (nSPS) is 10.4. The molecular weight excluding hydrogens is 300 g/mol. The lowest BCUT2D eigenvalue weighted by Crippen LogP contribution is -2.15. The molecule has 23 heavy (non-hydrogen) atoms. The van der Waals surface area contributed by atoms with E-state index in [1.165, 1.54) is 18.3 Å². The average molecular weight is 319 g/mol. The second-order valence-corrected chi connectivity index (χ2v) is 5.11. The minimum atomic E-state index is -0.815. The number of nitrogens with one attached hydrogen (secondary N) is 2. The molecule has 1 heterocycles. The molecule has 0 fully saturated rings. The van der Waals surface area contributed by atoms with Gasteiger partial charge in [0.05, 0.1) is 0 Å². The van der Waals surface area contributed by atoms with Gasteiger partial charge in [0.2, 0.25) is 0 Å². The molecule has 1 aromatic heterocycles. The van der Waals surface area contributed by atoms with Gasteiger partial charge in [-0.1, -0.05) is 25.8 Å². The number of nitrogens with zero attached hydrogens (tertiary/aromatic N) is 1. The summed E-state index contributed by atoms with van der Waals surface area (Å²) < 4.78 is 27.1. The van der Waals surface area contributed by atoms with Crippen LogP contribution in [0.15, 0.2) is 36.5 Å². The molecule has 0 unspecified atom stereocenters. The molecule has 4 nitrogen and oxygen atoms in total. The van der Waals surface area contributed by atoms with Crippen LogP contribution in [0.3, 0.4) is 0 Å². The molecule has 0 atom stereocenters. The van der Waals surface area contributed by atoms with E-state index < -0.39 is 23.2 Å². The molecule has 0 aliphatic rings. The first-order valence-electron chi connectivity index (χ1n) is 7.57. The average Bonchev–Trinajstić information content (AvgIpc) is 2.55. The van der Waals surface area contributed by atoms with Crippen molar-refractivity contribution >= 4 is 17.4 Å². The van der Waals surface area contributed by atoms with Crippen molar-refractivity contribution in [3.05, 3.63) is 53.7 Å². The fourth-order valence-corrected chi connectivity index (χ4v) is 2.06. The molecule has 0 aliphatic heterocycles. The smallest absolute Gasteiger partial charge is 0.256 e. The maximum atomic E-state index is 13.6. The number of anilines is 2. The van der Waals surface area contributed by atoms with Gasteiger partial charge in [0.25, 0.3) is 5.91 Å². The van der Waals surface area contributed by atoms with Gasteiger partial charge in [-0.15, -0.1) is 0 Å². The second-order valence-electron chi connectivity index (χ2n) is 5.11. The van der Waals surface area contributed by atoms with E-state index in [1.54, 1.807) is 6.07 Å². The minimum absolute atomic E-state index is 0.278. The number of rotatable bonds is 7. The predicted molar refractivity (Wildman–Crippen MR) is 86.6 cm³/mol. The van der Waals surface area contributed by atoms with Gasteiger partial charge >= 0.3 is 0 Å². The van der Waals surface area contributed by atoms with E-state index in [0.29, 0.717) is 5.82 Å². The van der Waals surface area contributed by atoms with Crippen LogP contribution in [0.25, 0.3) is 0 Å². The van der Waals surface area contributed by atoms with Crippen LogP contribution in [0.1, 0.15) is 36.5 Å². The Balaban J connectivity index is 2.05. The first kappa shape index (κ1) is 16.9. The molecule has 1 aromatic carbocycles. The molecule has 0 bridgehead atoms. The van der Waals surface area contributed by atoms with E-state index in [4.69, 9.17) is 0 Å². The zero-order valence-corrected chi connectivity index (χ0v) is 12.9. The topological polar surface area (TPSA) is 54.0 Å². The van der Waals surface area contributed by atoms with Crippen LogP contribution in [0.5, 0.6) is 0 Å². The van der Waals surface area contributed by atoms with E-state index in [-0.39, 0.29) is 5.56 Å². The van der Waals surface area contributed by atoms with Gasteiger partial charge in [0.1, 0.15) is 23.1 Å². The van der Waals surface area contributed by atoms with Crippen molar-refractivity contribution in [3.8, 4) is 0 Å². The summed E-state index contributed by atoms with van der Waals surface area (Å²) in [5.41, 5.74) is -0.174. The lowest BCUT2D eigenvalue weighted by atomic mass is 10.2. The number of unbranched alkanes of at least 4 members (excludes halogenated alkanes) is 2. The van der Waals surface area contributed by atoms with Gasteiger partial charge in [0, 0.05) is 18.3 Å². The summed E-state index contributed by atoms with van der Waals surface area (Å²) in [6, 6.07) is 6.47. The number of pyridine rings is 1. The highest BCUT2D eigenvalue weighted by atomic mass is 19.1. The van der Waals surface area contributed by atoms with E-state index in [0.717, 1.165) is 37.9 Å². The van der Waals surface area contributed by atoms with Gasteiger partial charge < -0.3 is 10.6 Å². The summed E-state index contributed by atoms with van der Waals surface area (Å²) in [7, 11) is 0. The van der Waals surface area contributed by atoms with Crippen LogP contribution >= 0.6 is 0 Å². The zero-order chi connectivity index (χ0) is 16.7. The number of hydrogen-bond acceptors (Lipinski definition) is 3. The van der Waals surface area contributed by atoms with Crippen molar-refractivity contribution in [2.45, 2.75) is 26.2 Å². The van der Waals surface area contributed by atoms with Crippen LogP contribution in [-0.2, 0) is 0 Å². The first-order valence-corrected chi connectivity index (χ1v) is 7.57. The standard InChI is InChI=1S/C17H19F2N3O/c1-2-3-4-9-20-15-11-12(8-10-21-15)17(23)22-16-13(18)6-5-7-14(16)19/h5-8,10-11H,2-4,9H2,1H3,(H,20,21)(H,22,23). The minimum Gasteiger partial charge on any atom is -0.370 e. The molecule has 2 rings (SSSR count). The predicted octanol–water partition coefficient (Wildman–Crippen LogP) is 4.21. The molecule has 2 N–H and O–H groups in total. The van der Waals surface area contributed by atoms with Crippen LogP contribution in [-0.4, -0.2) is 17.4 Å². The lowest BCUT2D eigenvalue weighted by molar-refractivity contribution is 0.102. The van der Waals surface area contributed by atoms with Crippen molar-refractivity contribution in [1.82, 2.24) is 4.98 Å². The molecule has 1 amide bonds. The molecular formula is C17H19F2N3O. The number of benzene rings is 1. The third-order valence-corrected chi connectivity index (χ3v) is 3.31. The molecule has 122 valence electrons. The number of carbonyl (C=O) groups excluding carboxylic acids is 1. The zero-order valence-electron chi connectivity index (χ0n) is 12.9. The van der Waals surface area contributed by atoms with Gasteiger partial charge in [-0.3, -0.25) is 4.79 Å². The Labute approximate surface area is 133 Å². The Hall–Kier alpha value is -2.50. The Morgan fingerprint density at radius 3 is 2.61 bits per heavy atom. The Morgan fingerprint density at radius 2 is 1.91 bits per heavy atom. The third kappa shape index (κ3) is 4.74. The summed E-state index contributed by atoms with van der Waals surface area (Å²) >= 11 is 0. The molecule has 0 saturated heterocycles. The van der Waals surface area contributed by atoms with E-state index >= 15 is 0 Å². The van der Waals surface area contributed by atoms with Crippen molar-refractivity contribution in [2.24, 2.45) is 0 Å². The van der Waals surface area contributed by atoms with Gasteiger partial charge in [0.15, 0.2) is 0 Å². The highest BCUT2D eigenvalue weighted by molar-refractivity contribution is 6.04. The Morgan fingerprint density at radius 1 is 1.17 bits per heavy atom. The quantitative estimate of drug-likeness (QED) is 0.752. The highest BCUT2D eigenvalue weighted by Crippen LogP contribution is 2.19. The maximum absolute atomic E-state index is 13.6. The Kier molecular flexibility index (Phi) is 6.02. The van der Waals surface area contributed by atoms with Crippen molar-refractivity contribution in [1.29, 1.82) is 0 Å². The molecule has 6 heteroatoms. The molecule has 0 saturated carbocycles. The monoisotopic (exact) mass is 319 g/mol. The van der Waals surface area contributed by atoms with Crippen molar-refractivity contribution < 1.29 is 13.6 Å². The van der Waals surface area contributed by atoms with Gasteiger partial charge in [-0.05, 0) is 30.7 Å². The SMILES string of the molecule is CCCCCNc1cc(C(=O)Nc2c(F)cccc2F)ccn1. The van der Waals surface area contributed by atoms with Crippen LogP contribution in [0, 0.1) is 11.6 Å². The highest BCUT2D eigenvalue weighted by Gasteiger charge is 2.13. The summed E-state index contributed by atoms with van der Waals surface area (Å²) in [5, 5.41) is 5.38. The summed E-state index contributed by atoms with van der Waals surface area (Å²) in [5.74, 6) is -1.66. The molecule has 0 radical (unpaired) electrons. The number of carbonyl (C=O) groups is 1.